The second kappa shape index (κ2) is 12.7. The molecule has 0 bridgehead atoms. The van der Waals surface area contributed by atoms with Crippen molar-refractivity contribution in [2.75, 3.05) is 56.6 Å². The van der Waals surface area contributed by atoms with Crippen LogP contribution in [0.3, 0.4) is 0 Å². The number of urea groups is 1. The van der Waals surface area contributed by atoms with Crippen LogP contribution in [0.2, 0.25) is 0 Å². The van der Waals surface area contributed by atoms with Gasteiger partial charge in [0.05, 0.1) is 25.3 Å². The predicted octanol–water partition coefficient (Wildman–Crippen LogP) is 5.64. The molecule has 0 saturated carbocycles. The van der Waals surface area contributed by atoms with Gasteiger partial charge in [-0.15, -0.1) is 0 Å². The van der Waals surface area contributed by atoms with E-state index in [-0.39, 0.29) is 24.4 Å². The number of carbonyl (C=O) groups excluding carboxylic acids is 2. The molecule has 2 atom stereocenters. The number of fused-ring (bicyclic) bond motifs is 1. The molecule has 4 aromatic rings. The Morgan fingerprint density at radius 2 is 1.60 bits per heavy atom. The first-order valence-electron chi connectivity index (χ1n) is 14.6. The molecular weight excluding hydrogens is 547 g/mol. The lowest BCUT2D eigenvalue weighted by molar-refractivity contribution is -0.0302. The number of nitrogens with zero attached hydrogens (tertiary/aromatic N) is 3. The average molecular weight is 583 g/mol. The molecule has 9 heteroatoms. The molecule has 2 aliphatic heterocycles. The Hall–Kier alpha value is -4.63. The van der Waals surface area contributed by atoms with Gasteiger partial charge in [0.25, 0.3) is 0 Å². The summed E-state index contributed by atoms with van der Waals surface area (Å²) in [6.45, 7) is 3.88. The molecule has 4 aromatic carbocycles. The molecule has 2 saturated heterocycles. The Morgan fingerprint density at radius 1 is 0.837 bits per heavy atom. The summed E-state index contributed by atoms with van der Waals surface area (Å²) in [5, 5.41) is 4.97. The van der Waals surface area contributed by atoms with E-state index in [0.29, 0.717) is 30.0 Å². The van der Waals surface area contributed by atoms with Crippen molar-refractivity contribution < 1.29 is 23.5 Å². The lowest BCUT2D eigenvalue weighted by Crippen LogP contribution is -2.60. The number of piperazine rings is 1. The molecule has 0 aliphatic carbocycles. The van der Waals surface area contributed by atoms with Gasteiger partial charge in [-0.1, -0.05) is 36.4 Å². The highest BCUT2D eigenvalue weighted by molar-refractivity contribution is 5.95. The minimum absolute atomic E-state index is 0.0411. The van der Waals surface area contributed by atoms with E-state index in [2.05, 4.69) is 15.1 Å². The zero-order chi connectivity index (χ0) is 29.8. The van der Waals surface area contributed by atoms with Gasteiger partial charge in [-0.3, -0.25) is 4.90 Å². The first-order chi connectivity index (χ1) is 21.0. The number of hydrogen-bond donors (Lipinski definition) is 1. The third kappa shape index (κ3) is 6.57. The maximum atomic E-state index is 13.5. The summed E-state index contributed by atoms with van der Waals surface area (Å²) >= 11 is 0. The Kier molecular flexibility index (Phi) is 8.42. The van der Waals surface area contributed by atoms with Crippen molar-refractivity contribution in [1.29, 1.82) is 0 Å². The minimum Gasteiger partial charge on any atom is -0.497 e. The first-order valence-corrected chi connectivity index (χ1v) is 14.6. The number of ether oxygens (including phenoxy) is 2. The van der Waals surface area contributed by atoms with Gasteiger partial charge in [-0.25, -0.2) is 14.0 Å². The number of nitrogens with one attached hydrogen (secondary N) is 1. The summed E-state index contributed by atoms with van der Waals surface area (Å²) in [7, 11) is 1.58. The molecular formula is C34H35FN4O4. The Balaban J connectivity index is 1.17. The number of carbonyl (C=O) groups is 2. The first kappa shape index (κ1) is 28.5. The van der Waals surface area contributed by atoms with E-state index in [1.165, 1.54) is 12.1 Å². The van der Waals surface area contributed by atoms with Crippen molar-refractivity contribution in [3.8, 4) is 5.75 Å². The van der Waals surface area contributed by atoms with Gasteiger partial charge in [0.2, 0.25) is 0 Å². The van der Waals surface area contributed by atoms with Gasteiger partial charge >= 0.3 is 12.0 Å². The molecule has 43 heavy (non-hydrogen) atoms. The summed E-state index contributed by atoms with van der Waals surface area (Å²) in [4.78, 5) is 33.1. The van der Waals surface area contributed by atoms with Gasteiger partial charge in [0.1, 0.15) is 17.7 Å². The van der Waals surface area contributed by atoms with Crippen LogP contribution in [0.15, 0.2) is 91.0 Å². The van der Waals surface area contributed by atoms with Crippen molar-refractivity contribution >= 4 is 34.1 Å². The zero-order valence-electron chi connectivity index (χ0n) is 24.1. The predicted molar refractivity (Wildman–Crippen MR) is 165 cm³/mol. The standard InChI is InChI=1S/C34H35FN4O4/c1-42-30-8-4-7-28(22-30)36-34(41)39-16-15-31(38-19-17-37(18-20-38)29-13-11-27(35)12-14-29)32(23-39)43-33(40)26-10-9-24-5-2-3-6-25(24)21-26/h2-14,21-22,31-32H,15-20,23H2,1H3,(H,36,41)/t31-,32-/m1/s1. The molecule has 2 amide bonds. The van der Waals surface area contributed by atoms with Crippen molar-refractivity contribution in [2.24, 2.45) is 0 Å². The van der Waals surface area contributed by atoms with Crippen LogP contribution in [-0.2, 0) is 4.74 Å². The lowest BCUT2D eigenvalue weighted by Gasteiger charge is -2.46. The van der Waals surface area contributed by atoms with Crippen LogP contribution in [0.1, 0.15) is 16.8 Å². The van der Waals surface area contributed by atoms with Gasteiger partial charge in [-0.05, 0) is 65.7 Å². The number of amides is 2. The van der Waals surface area contributed by atoms with E-state index < -0.39 is 12.1 Å². The number of halogens is 1. The number of anilines is 2. The number of esters is 1. The van der Waals surface area contributed by atoms with E-state index in [4.69, 9.17) is 9.47 Å². The summed E-state index contributed by atoms with van der Waals surface area (Å²) in [6.07, 6.45) is 0.152. The molecule has 0 radical (unpaired) electrons. The monoisotopic (exact) mass is 582 g/mol. The van der Waals surface area contributed by atoms with E-state index in [1.807, 2.05) is 54.6 Å². The Labute approximate surface area is 250 Å². The molecule has 2 heterocycles. The molecule has 222 valence electrons. The molecule has 0 unspecified atom stereocenters. The molecule has 2 aliphatic rings. The van der Waals surface area contributed by atoms with Gasteiger partial charge in [-0.2, -0.15) is 0 Å². The highest BCUT2D eigenvalue weighted by atomic mass is 19.1. The average Bonchev–Trinajstić information content (AvgIpc) is 3.05. The summed E-state index contributed by atoms with van der Waals surface area (Å²) in [6, 6.07) is 26.9. The number of benzene rings is 4. The number of rotatable bonds is 6. The number of piperidine rings is 1. The number of methoxy groups -OCH3 is 1. The third-order valence-corrected chi connectivity index (χ3v) is 8.35. The normalized spacial score (nSPS) is 19.2. The largest absolute Gasteiger partial charge is 0.497 e. The molecule has 0 spiro atoms. The van der Waals surface area contributed by atoms with E-state index in [0.717, 1.165) is 42.6 Å². The second-order valence-corrected chi connectivity index (χ2v) is 11.0. The molecule has 0 aromatic heterocycles. The molecule has 1 N–H and O–H groups in total. The van der Waals surface area contributed by atoms with Crippen LogP contribution in [0, 0.1) is 5.82 Å². The fourth-order valence-corrected chi connectivity index (χ4v) is 6.01. The van der Waals surface area contributed by atoms with E-state index >= 15 is 0 Å². The summed E-state index contributed by atoms with van der Waals surface area (Å²) < 4.78 is 24.9. The fourth-order valence-electron chi connectivity index (χ4n) is 6.01. The van der Waals surface area contributed by atoms with Crippen molar-refractivity contribution in [1.82, 2.24) is 9.80 Å². The zero-order valence-corrected chi connectivity index (χ0v) is 24.1. The molecule has 8 nitrogen and oxygen atoms in total. The Bertz CT molecular complexity index is 1590. The van der Waals surface area contributed by atoms with Crippen LogP contribution >= 0.6 is 0 Å². The van der Waals surface area contributed by atoms with Gasteiger partial charge in [0, 0.05) is 50.2 Å². The highest BCUT2D eigenvalue weighted by Crippen LogP contribution is 2.26. The van der Waals surface area contributed by atoms with Crippen molar-refractivity contribution in [3.05, 3.63) is 102 Å². The second-order valence-electron chi connectivity index (χ2n) is 11.0. The van der Waals surface area contributed by atoms with Gasteiger partial charge in [0.15, 0.2) is 0 Å². The van der Waals surface area contributed by atoms with E-state index in [9.17, 15) is 14.0 Å². The Morgan fingerprint density at radius 3 is 2.37 bits per heavy atom. The minimum atomic E-state index is -0.513. The van der Waals surface area contributed by atoms with Crippen LogP contribution in [0.25, 0.3) is 10.8 Å². The topological polar surface area (TPSA) is 74.3 Å². The lowest BCUT2D eigenvalue weighted by atomic mass is 9.98. The molecule has 6 rings (SSSR count). The quantitative estimate of drug-likeness (QED) is 0.297. The third-order valence-electron chi connectivity index (χ3n) is 8.35. The van der Waals surface area contributed by atoms with Crippen LogP contribution in [0.4, 0.5) is 20.6 Å². The van der Waals surface area contributed by atoms with E-state index in [1.54, 1.807) is 36.3 Å². The SMILES string of the molecule is COc1cccc(NC(=O)N2CC[C@@H](N3CCN(c4ccc(F)cc4)CC3)[C@H](OC(=O)c3ccc4ccccc4c3)C2)c1. The maximum absolute atomic E-state index is 13.5. The summed E-state index contributed by atoms with van der Waals surface area (Å²) in [5.41, 5.74) is 2.11. The number of likely N-dealkylation sites (tertiary alicyclic amines) is 1. The highest BCUT2D eigenvalue weighted by Gasteiger charge is 2.39. The van der Waals surface area contributed by atoms with Crippen LogP contribution < -0.4 is 15.0 Å². The maximum Gasteiger partial charge on any atom is 0.338 e. The molecule has 2 fully saturated rings. The van der Waals surface area contributed by atoms with Crippen LogP contribution in [-0.4, -0.2) is 80.3 Å². The van der Waals surface area contributed by atoms with Crippen molar-refractivity contribution in [3.63, 3.8) is 0 Å². The van der Waals surface area contributed by atoms with Gasteiger partial charge < -0.3 is 24.6 Å². The smallest absolute Gasteiger partial charge is 0.338 e. The summed E-state index contributed by atoms with van der Waals surface area (Å²) in [5.74, 6) is -0.000102. The van der Waals surface area contributed by atoms with Crippen molar-refractivity contribution in [2.45, 2.75) is 18.6 Å². The van der Waals surface area contributed by atoms with Crippen LogP contribution in [0.5, 0.6) is 5.75 Å². The fraction of sp³-hybridized carbons (Fsp3) is 0.294. The number of hydrogen-bond acceptors (Lipinski definition) is 6.